The zero-order valence-electron chi connectivity index (χ0n) is 17.3. The first kappa shape index (κ1) is 21.9. The van der Waals surface area contributed by atoms with Gasteiger partial charge in [-0.25, -0.2) is 4.98 Å². The zero-order valence-corrected chi connectivity index (χ0v) is 17.3. The Morgan fingerprint density at radius 2 is 2.11 bits per heavy atom. The number of hydrogen-bond acceptors (Lipinski definition) is 5. The van der Waals surface area contributed by atoms with Crippen molar-refractivity contribution in [2.75, 3.05) is 26.7 Å². The van der Waals surface area contributed by atoms with Gasteiger partial charge < -0.3 is 24.2 Å². The highest BCUT2D eigenvalue weighted by atomic mass is 16.6. The van der Waals surface area contributed by atoms with Crippen molar-refractivity contribution in [3.05, 3.63) is 18.2 Å². The maximum atomic E-state index is 12.9. The standard InChI is InChI=1S/C20H36N4O3/c1-5-7-8-19(26)27-17(20-21-11-14-23(20)4)15-18(25)24-12-9-16(10-13-24)22(3)6-2/h11,14,16-17,19,26H,5-10,12-13,15H2,1-4H3. The van der Waals surface area contributed by atoms with Crippen LogP contribution in [0.15, 0.2) is 12.4 Å². The number of aryl methyl sites for hydroxylation is 1. The molecule has 0 bridgehead atoms. The Morgan fingerprint density at radius 3 is 2.67 bits per heavy atom. The van der Waals surface area contributed by atoms with Gasteiger partial charge in [-0.2, -0.15) is 0 Å². The number of unbranched alkanes of at least 4 members (excludes halogenated alkanes) is 1. The van der Waals surface area contributed by atoms with Crippen molar-refractivity contribution in [3.8, 4) is 0 Å². The lowest BCUT2D eigenvalue weighted by atomic mass is 10.0. The van der Waals surface area contributed by atoms with Crippen molar-refractivity contribution in [1.82, 2.24) is 19.4 Å². The maximum Gasteiger partial charge on any atom is 0.225 e. The third-order valence-corrected chi connectivity index (χ3v) is 5.57. The summed E-state index contributed by atoms with van der Waals surface area (Å²) in [4.78, 5) is 21.5. The minimum atomic E-state index is -0.872. The van der Waals surface area contributed by atoms with Crippen LogP contribution in [0.2, 0.25) is 0 Å². The third kappa shape index (κ3) is 6.30. The molecule has 1 aromatic rings. The highest BCUT2D eigenvalue weighted by Crippen LogP contribution is 2.25. The number of aliphatic hydroxyl groups is 1. The molecule has 154 valence electrons. The number of nitrogens with zero attached hydrogens (tertiary/aromatic N) is 4. The second-order valence-corrected chi connectivity index (χ2v) is 7.51. The molecule has 2 heterocycles. The first-order valence-corrected chi connectivity index (χ1v) is 10.2. The summed E-state index contributed by atoms with van der Waals surface area (Å²) in [6, 6.07) is 0.552. The van der Waals surface area contributed by atoms with Gasteiger partial charge >= 0.3 is 0 Å². The molecule has 7 heteroatoms. The van der Waals surface area contributed by atoms with E-state index >= 15 is 0 Å². The fourth-order valence-electron chi connectivity index (χ4n) is 3.63. The van der Waals surface area contributed by atoms with Gasteiger partial charge in [-0.15, -0.1) is 0 Å². The van der Waals surface area contributed by atoms with Crippen molar-refractivity contribution in [2.24, 2.45) is 7.05 Å². The Kier molecular flexibility index (Phi) is 8.73. The van der Waals surface area contributed by atoms with Crippen molar-refractivity contribution in [3.63, 3.8) is 0 Å². The summed E-state index contributed by atoms with van der Waals surface area (Å²) in [6.45, 7) is 6.82. The number of aliphatic hydroxyl groups excluding tert-OH is 1. The highest BCUT2D eigenvalue weighted by Gasteiger charge is 2.29. The Balaban J connectivity index is 1.96. The molecule has 1 aromatic heterocycles. The molecule has 0 saturated carbocycles. The maximum absolute atomic E-state index is 12.9. The monoisotopic (exact) mass is 380 g/mol. The summed E-state index contributed by atoms with van der Waals surface area (Å²) in [7, 11) is 4.03. The number of hydrogen-bond donors (Lipinski definition) is 1. The van der Waals surface area contributed by atoms with Crippen molar-refractivity contribution in [2.45, 2.75) is 70.8 Å². The van der Waals surface area contributed by atoms with Crippen molar-refractivity contribution >= 4 is 5.91 Å². The minimum Gasteiger partial charge on any atom is -0.368 e. The van der Waals surface area contributed by atoms with Crippen LogP contribution in [0.25, 0.3) is 0 Å². The molecule has 1 fully saturated rings. The van der Waals surface area contributed by atoms with Crippen LogP contribution in [0.3, 0.4) is 0 Å². The Labute approximate surface area is 163 Å². The predicted molar refractivity (Wildman–Crippen MR) is 105 cm³/mol. The summed E-state index contributed by atoms with van der Waals surface area (Å²) < 4.78 is 7.69. The van der Waals surface area contributed by atoms with Crippen LogP contribution in [0.5, 0.6) is 0 Å². The number of piperidine rings is 1. The summed E-state index contributed by atoms with van der Waals surface area (Å²) in [5, 5.41) is 10.2. The van der Waals surface area contributed by atoms with Crippen LogP contribution in [0.4, 0.5) is 0 Å². The Hall–Kier alpha value is -1.44. The van der Waals surface area contributed by atoms with Gasteiger partial charge in [0.05, 0.1) is 6.42 Å². The molecule has 0 aliphatic carbocycles. The topological polar surface area (TPSA) is 70.8 Å². The molecule has 1 aliphatic heterocycles. The fraction of sp³-hybridized carbons (Fsp3) is 0.800. The number of carbonyl (C=O) groups is 1. The molecule has 0 spiro atoms. The minimum absolute atomic E-state index is 0.0725. The molecule has 2 unspecified atom stereocenters. The number of likely N-dealkylation sites (tertiary alicyclic amines) is 1. The van der Waals surface area contributed by atoms with E-state index in [1.54, 1.807) is 6.20 Å². The lowest BCUT2D eigenvalue weighted by Crippen LogP contribution is -2.45. The lowest BCUT2D eigenvalue weighted by Gasteiger charge is -2.37. The smallest absolute Gasteiger partial charge is 0.225 e. The van der Waals surface area contributed by atoms with E-state index in [0.29, 0.717) is 18.3 Å². The molecule has 7 nitrogen and oxygen atoms in total. The number of rotatable bonds is 10. The van der Waals surface area contributed by atoms with E-state index in [2.05, 4.69) is 30.8 Å². The van der Waals surface area contributed by atoms with Gasteiger partial charge in [0.25, 0.3) is 0 Å². The van der Waals surface area contributed by atoms with Crippen LogP contribution in [-0.2, 0) is 16.6 Å². The van der Waals surface area contributed by atoms with Gasteiger partial charge in [0.1, 0.15) is 11.9 Å². The molecule has 2 atom stereocenters. The zero-order chi connectivity index (χ0) is 19.8. The van der Waals surface area contributed by atoms with Crippen LogP contribution in [-0.4, -0.2) is 69.4 Å². The van der Waals surface area contributed by atoms with Crippen molar-refractivity contribution in [1.29, 1.82) is 0 Å². The lowest BCUT2D eigenvalue weighted by molar-refractivity contribution is -0.158. The quantitative estimate of drug-likeness (QED) is 0.631. The number of aromatic nitrogens is 2. The Bertz CT molecular complexity index is 569. The SMILES string of the molecule is CCCCC(O)OC(CC(=O)N1CCC(N(C)CC)CC1)c1nccn1C. The summed E-state index contributed by atoms with van der Waals surface area (Å²) in [6.07, 6.45) is 6.80. The third-order valence-electron chi connectivity index (χ3n) is 5.57. The average Bonchev–Trinajstić information content (AvgIpc) is 3.11. The van der Waals surface area contributed by atoms with Crippen molar-refractivity contribution < 1.29 is 14.6 Å². The number of ether oxygens (including phenoxy) is 1. The van der Waals surface area contributed by atoms with E-state index in [4.69, 9.17) is 4.74 Å². The second kappa shape index (κ2) is 10.8. The number of carbonyl (C=O) groups excluding carboxylic acids is 1. The van der Waals surface area contributed by atoms with Gasteiger partial charge in [0.15, 0.2) is 6.29 Å². The molecule has 0 radical (unpaired) electrons. The van der Waals surface area contributed by atoms with E-state index in [1.165, 1.54) is 0 Å². The normalized spacial score (nSPS) is 18.1. The molecule has 0 aromatic carbocycles. The highest BCUT2D eigenvalue weighted by molar-refractivity contribution is 5.76. The van der Waals surface area contributed by atoms with E-state index in [-0.39, 0.29) is 12.3 Å². The Morgan fingerprint density at radius 1 is 1.41 bits per heavy atom. The molecule has 2 rings (SSSR count). The summed E-state index contributed by atoms with van der Waals surface area (Å²) in [5.41, 5.74) is 0. The van der Waals surface area contributed by atoms with Gasteiger partial charge in [-0.05, 0) is 39.3 Å². The van der Waals surface area contributed by atoms with Gasteiger partial charge in [-0.3, -0.25) is 4.79 Å². The summed E-state index contributed by atoms with van der Waals surface area (Å²) in [5.74, 6) is 0.753. The average molecular weight is 381 g/mol. The van der Waals surface area contributed by atoms with E-state index in [0.717, 1.165) is 45.3 Å². The van der Waals surface area contributed by atoms with E-state index < -0.39 is 12.4 Å². The largest absolute Gasteiger partial charge is 0.368 e. The van der Waals surface area contributed by atoms with Gasteiger partial charge in [-0.1, -0.05) is 20.3 Å². The number of imidazole rings is 1. The van der Waals surface area contributed by atoms with Crippen LogP contribution < -0.4 is 0 Å². The fourth-order valence-corrected chi connectivity index (χ4v) is 3.63. The van der Waals surface area contributed by atoms with Gasteiger partial charge in [0.2, 0.25) is 5.91 Å². The molecule has 1 N–H and O–H groups in total. The number of amides is 1. The molecule has 27 heavy (non-hydrogen) atoms. The van der Waals surface area contributed by atoms with E-state index in [1.807, 2.05) is 22.7 Å². The first-order valence-electron chi connectivity index (χ1n) is 10.2. The molecular formula is C20H36N4O3. The molecule has 1 aliphatic rings. The molecule has 1 amide bonds. The van der Waals surface area contributed by atoms with E-state index in [9.17, 15) is 9.90 Å². The van der Waals surface area contributed by atoms with Crippen LogP contribution in [0, 0.1) is 0 Å². The molecule has 1 saturated heterocycles. The first-order chi connectivity index (χ1) is 13.0. The second-order valence-electron chi connectivity index (χ2n) is 7.51. The summed E-state index contributed by atoms with van der Waals surface area (Å²) >= 11 is 0. The van der Waals surface area contributed by atoms with Crippen LogP contribution >= 0.6 is 0 Å². The molecular weight excluding hydrogens is 344 g/mol. The predicted octanol–water partition coefficient (Wildman–Crippen LogP) is 2.32. The van der Waals surface area contributed by atoms with Gasteiger partial charge in [0, 0.05) is 38.6 Å². The van der Waals surface area contributed by atoms with Crippen LogP contribution in [0.1, 0.15) is 64.3 Å².